The molecule has 3 heteroatoms. The lowest BCUT2D eigenvalue weighted by molar-refractivity contribution is 0.0224. The van der Waals surface area contributed by atoms with E-state index >= 15 is 0 Å². The van der Waals surface area contributed by atoms with Gasteiger partial charge >= 0.3 is 0 Å². The molecular formula is C15H28N2O. The SMILES string of the molecule is CCC(O)C1CCCCN1CCCC(C)(C)C#N. The number of piperidine rings is 1. The lowest BCUT2D eigenvalue weighted by atomic mass is 9.89. The minimum atomic E-state index is -0.214. The van der Waals surface area contributed by atoms with Gasteiger partial charge in [-0.15, -0.1) is 0 Å². The van der Waals surface area contributed by atoms with E-state index in [9.17, 15) is 5.11 Å². The van der Waals surface area contributed by atoms with Gasteiger partial charge in [-0.3, -0.25) is 4.90 Å². The van der Waals surface area contributed by atoms with E-state index in [1.54, 1.807) is 0 Å². The van der Waals surface area contributed by atoms with Crippen LogP contribution in [0.2, 0.25) is 0 Å². The van der Waals surface area contributed by atoms with Crippen molar-refractivity contribution in [3.8, 4) is 6.07 Å². The standard InChI is InChI=1S/C15H28N2O/c1-4-14(18)13-8-5-6-10-17(13)11-7-9-15(2,3)12-16/h13-14,18H,4-11H2,1-3H3. The van der Waals surface area contributed by atoms with E-state index in [0.29, 0.717) is 6.04 Å². The highest BCUT2D eigenvalue weighted by Crippen LogP contribution is 2.24. The van der Waals surface area contributed by atoms with Crippen LogP contribution in [0.3, 0.4) is 0 Å². The maximum atomic E-state index is 10.1. The van der Waals surface area contributed by atoms with Gasteiger partial charge < -0.3 is 5.11 Å². The van der Waals surface area contributed by atoms with Gasteiger partial charge in [0.1, 0.15) is 0 Å². The number of nitriles is 1. The Bertz CT molecular complexity index is 283. The third-order valence-corrected chi connectivity index (χ3v) is 4.08. The van der Waals surface area contributed by atoms with Crippen LogP contribution < -0.4 is 0 Å². The molecule has 0 bridgehead atoms. The number of hydrogen-bond donors (Lipinski definition) is 1. The molecule has 1 fully saturated rings. The van der Waals surface area contributed by atoms with E-state index < -0.39 is 0 Å². The monoisotopic (exact) mass is 252 g/mol. The highest BCUT2D eigenvalue weighted by molar-refractivity contribution is 4.92. The van der Waals surface area contributed by atoms with Crippen LogP contribution in [0, 0.1) is 16.7 Å². The van der Waals surface area contributed by atoms with E-state index in [2.05, 4.69) is 17.9 Å². The Kier molecular flexibility index (Phi) is 6.11. The summed E-state index contributed by atoms with van der Waals surface area (Å²) in [7, 11) is 0. The Morgan fingerprint density at radius 1 is 1.44 bits per heavy atom. The molecule has 1 saturated heterocycles. The number of likely N-dealkylation sites (tertiary alicyclic amines) is 1. The van der Waals surface area contributed by atoms with E-state index in [4.69, 9.17) is 5.26 Å². The molecular weight excluding hydrogens is 224 g/mol. The molecule has 18 heavy (non-hydrogen) atoms. The Morgan fingerprint density at radius 3 is 2.78 bits per heavy atom. The molecule has 3 nitrogen and oxygen atoms in total. The van der Waals surface area contributed by atoms with Crippen molar-refractivity contribution in [2.75, 3.05) is 13.1 Å². The fourth-order valence-electron chi connectivity index (χ4n) is 2.78. The van der Waals surface area contributed by atoms with E-state index in [0.717, 1.165) is 38.8 Å². The van der Waals surface area contributed by atoms with Crippen LogP contribution in [0.1, 0.15) is 59.3 Å². The lowest BCUT2D eigenvalue weighted by Crippen LogP contribution is -2.47. The van der Waals surface area contributed by atoms with Gasteiger partial charge in [-0.25, -0.2) is 0 Å². The molecule has 0 aromatic carbocycles. The molecule has 0 radical (unpaired) electrons. The summed E-state index contributed by atoms with van der Waals surface area (Å²) in [5.74, 6) is 0. The van der Waals surface area contributed by atoms with Crippen molar-refractivity contribution in [3.63, 3.8) is 0 Å². The Morgan fingerprint density at radius 2 is 2.17 bits per heavy atom. The van der Waals surface area contributed by atoms with Crippen LogP contribution in [0.15, 0.2) is 0 Å². The van der Waals surface area contributed by atoms with Crippen LogP contribution in [0.25, 0.3) is 0 Å². The first-order chi connectivity index (χ1) is 8.50. The summed E-state index contributed by atoms with van der Waals surface area (Å²) in [6, 6.07) is 2.70. The highest BCUT2D eigenvalue weighted by atomic mass is 16.3. The van der Waals surface area contributed by atoms with E-state index in [1.165, 1.54) is 12.8 Å². The van der Waals surface area contributed by atoms with Gasteiger partial charge in [0.2, 0.25) is 0 Å². The normalized spacial score (nSPS) is 23.6. The van der Waals surface area contributed by atoms with E-state index in [1.807, 2.05) is 13.8 Å². The zero-order valence-corrected chi connectivity index (χ0v) is 12.2. The molecule has 1 heterocycles. The third kappa shape index (κ3) is 4.59. The predicted octanol–water partition coefficient (Wildman–Crippen LogP) is 2.94. The molecule has 0 aliphatic carbocycles. The van der Waals surface area contributed by atoms with Crippen LogP contribution in [0.4, 0.5) is 0 Å². The average Bonchev–Trinajstić information content (AvgIpc) is 2.38. The molecule has 1 rings (SSSR count). The third-order valence-electron chi connectivity index (χ3n) is 4.08. The largest absolute Gasteiger partial charge is 0.392 e. The van der Waals surface area contributed by atoms with Gasteiger partial charge in [0, 0.05) is 6.04 Å². The van der Waals surface area contributed by atoms with Crippen molar-refractivity contribution in [2.24, 2.45) is 5.41 Å². The molecule has 0 aromatic rings. The Balaban J connectivity index is 2.41. The number of nitrogens with zero attached hydrogens (tertiary/aromatic N) is 2. The second-order valence-electron chi connectivity index (χ2n) is 6.17. The fourth-order valence-corrected chi connectivity index (χ4v) is 2.78. The molecule has 0 aromatic heterocycles. The van der Waals surface area contributed by atoms with Crippen LogP contribution >= 0.6 is 0 Å². The van der Waals surface area contributed by atoms with E-state index in [-0.39, 0.29) is 11.5 Å². The van der Waals surface area contributed by atoms with Crippen LogP contribution in [-0.4, -0.2) is 35.2 Å². The highest BCUT2D eigenvalue weighted by Gasteiger charge is 2.27. The van der Waals surface area contributed by atoms with Crippen LogP contribution in [-0.2, 0) is 0 Å². The summed E-state index contributed by atoms with van der Waals surface area (Å²) in [4.78, 5) is 2.44. The maximum absolute atomic E-state index is 10.1. The van der Waals surface area contributed by atoms with Crippen molar-refractivity contribution >= 4 is 0 Å². The summed E-state index contributed by atoms with van der Waals surface area (Å²) in [6.07, 6.45) is 6.25. The van der Waals surface area contributed by atoms with Crippen molar-refractivity contribution in [2.45, 2.75) is 71.4 Å². The molecule has 1 N–H and O–H groups in total. The van der Waals surface area contributed by atoms with Crippen molar-refractivity contribution in [3.05, 3.63) is 0 Å². The second kappa shape index (κ2) is 7.11. The zero-order valence-electron chi connectivity index (χ0n) is 12.2. The lowest BCUT2D eigenvalue weighted by Gasteiger charge is -2.38. The summed E-state index contributed by atoms with van der Waals surface area (Å²) in [6.45, 7) is 8.18. The van der Waals surface area contributed by atoms with Gasteiger partial charge in [-0.05, 0) is 59.0 Å². The molecule has 104 valence electrons. The Hall–Kier alpha value is -0.590. The molecule has 0 amide bonds. The molecule has 0 spiro atoms. The topological polar surface area (TPSA) is 47.3 Å². The first-order valence-corrected chi connectivity index (χ1v) is 7.33. The first-order valence-electron chi connectivity index (χ1n) is 7.33. The van der Waals surface area contributed by atoms with Gasteiger partial charge in [-0.2, -0.15) is 5.26 Å². The Labute approximate surface area is 112 Å². The summed E-state index contributed by atoms with van der Waals surface area (Å²) >= 11 is 0. The number of aliphatic hydroxyl groups excluding tert-OH is 1. The molecule has 1 aliphatic heterocycles. The van der Waals surface area contributed by atoms with Crippen molar-refractivity contribution in [1.82, 2.24) is 4.90 Å². The van der Waals surface area contributed by atoms with Gasteiger partial charge in [0.25, 0.3) is 0 Å². The maximum Gasteiger partial charge on any atom is 0.0692 e. The summed E-state index contributed by atoms with van der Waals surface area (Å²) in [5.41, 5.74) is -0.214. The molecule has 1 aliphatic rings. The van der Waals surface area contributed by atoms with Crippen molar-refractivity contribution < 1.29 is 5.11 Å². The second-order valence-corrected chi connectivity index (χ2v) is 6.17. The number of hydrogen-bond acceptors (Lipinski definition) is 3. The summed E-state index contributed by atoms with van der Waals surface area (Å²) < 4.78 is 0. The molecule has 0 saturated carbocycles. The van der Waals surface area contributed by atoms with Crippen molar-refractivity contribution in [1.29, 1.82) is 5.26 Å². The smallest absolute Gasteiger partial charge is 0.0692 e. The molecule has 2 atom stereocenters. The predicted molar refractivity (Wildman–Crippen MR) is 74.1 cm³/mol. The molecule has 2 unspecified atom stereocenters. The quantitative estimate of drug-likeness (QED) is 0.790. The number of aliphatic hydroxyl groups is 1. The van der Waals surface area contributed by atoms with Crippen LogP contribution in [0.5, 0.6) is 0 Å². The number of rotatable bonds is 6. The zero-order chi connectivity index (χ0) is 13.6. The first kappa shape index (κ1) is 15.5. The average molecular weight is 252 g/mol. The van der Waals surface area contributed by atoms with Gasteiger partial charge in [-0.1, -0.05) is 13.3 Å². The summed E-state index contributed by atoms with van der Waals surface area (Å²) in [5, 5.41) is 19.1. The van der Waals surface area contributed by atoms with Gasteiger partial charge in [0.15, 0.2) is 0 Å². The fraction of sp³-hybridized carbons (Fsp3) is 0.933. The minimum absolute atomic E-state index is 0.186. The van der Waals surface area contributed by atoms with Gasteiger partial charge in [0.05, 0.1) is 17.6 Å². The minimum Gasteiger partial charge on any atom is -0.392 e.